The number of benzene rings is 2. The molecule has 1 aliphatic rings. The first kappa shape index (κ1) is 14.0. The molecule has 1 N–H and O–H groups in total. The molecule has 0 spiro atoms. The highest BCUT2D eigenvalue weighted by Crippen LogP contribution is 2.38. The first-order chi connectivity index (χ1) is 10.3. The lowest BCUT2D eigenvalue weighted by atomic mass is 9.89. The van der Waals surface area contributed by atoms with E-state index in [4.69, 9.17) is 9.47 Å². The van der Waals surface area contributed by atoms with Crippen LogP contribution in [0.1, 0.15) is 22.7 Å². The Morgan fingerprint density at radius 2 is 1.71 bits per heavy atom. The van der Waals surface area contributed by atoms with Gasteiger partial charge < -0.3 is 14.8 Å². The zero-order valence-corrected chi connectivity index (χ0v) is 12.6. The minimum Gasteiger partial charge on any atom is -0.496 e. The van der Waals surface area contributed by atoms with Gasteiger partial charge in [0.25, 0.3) is 0 Å². The van der Waals surface area contributed by atoms with Gasteiger partial charge in [-0.25, -0.2) is 0 Å². The Bertz CT molecular complexity index is 610. The quantitative estimate of drug-likeness (QED) is 0.935. The van der Waals surface area contributed by atoms with Gasteiger partial charge in [-0.3, -0.25) is 0 Å². The third-order valence-corrected chi connectivity index (χ3v) is 4.11. The molecule has 3 rings (SSSR count). The van der Waals surface area contributed by atoms with Gasteiger partial charge in [-0.1, -0.05) is 30.3 Å². The number of ether oxygens (including phenoxy) is 2. The molecule has 21 heavy (non-hydrogen) atoms. The second-order valence-corrected chi connectivity index (χ2v) is 5.31. The summed E-state index contributed by atoms with van der Waals surface area (Å²) < 4.78 is 11.1. The average Bonchev–Trinajstić information content (AvgIpc) is 2.55. The summed E-state index contributed by atoms with van der Waals surface area (Å²) in [6.07, 6.45) is 1.93. The second kappa shape index (κ2) is 6.19. The van der Waals surface area contributed by atoms with Gasteiger partial charge in [-0.15, -0.1) is 0 Å². The Morgan fingerprint density at radius 3 is 2.43 bits per heavy atom. The highest BCUT2D eigenvalue weighted by molar-refractivity contribution is 5.52. The Kier molecular flexibility index (Phi) is 4.11. The third-order valence-electron chi connectivity index (χ3n) is 4.11. The maximum Gasteiger partial charge on any atom is 0.124 e. The molecule has 0 bridgehead atoms. The van der Waals surface area contributed by atoms with E-state index in [2.05, 4.69) is 35.6 Å². The molecule has 2 aromatic rings. The monoisotopic (exact) mass is 283 g/mol. The molecule has 3 heteroatoms. The molecule has 0 saturated carbocycles. The van der Waals surface area contributed by atoms with Crippen molar-refractivity contribution in [3.05, 3.63) is 59.2 Å². The van der Waals surface area contributed by atoms with Crippen LogP contribution in [0.25, 0.3) is 0 Å². The molecule has 1 aliphatic heterocycles. The lowest BCUT2D eigenvalue weighted by Crippen LogP contribution is -2.32. The number of hydrogen-bond donors (Lipinski definition) is 1. The van der Waals surface area contributed by atoms with Crippen molar-refractivity contribution in [2.45, 2.75) is 18.9 Å². The van der Waals surface area contributed by atoms with E-state index in [1.165, 1.54) is 16.7 Å². The van der Waals surface area contributed by atoms with Gasteiger partial charge in [0, 0.05) is 17.2 Å². The standard InChI is InChI=1S/C18H21NO2/c1-20-16-8-9-17(21-2)18-14(16)10-11-19-15(18)12-13-6-4-3-5-7-13/h3-9,15,19H,10-12H2,1-2H3/t15-/m0/s1. The van der Waals surface area contributed by atoms with E-state index in [1.54, 1.807) is 14.2 Å². The summed E-state index contributed by atoms with van der Waals surface area (Å²) in [6, 6.07) is 14.8. The highest BCUT2D eigenvalue weighted by Gasteiger charge is 2.26. The van der Waals surface area contributed by atoms with Crippen LogP contribution >= 0.6 is 0 Å². The van der Waals surface area contributed by atoms with E-state index in [-0.39, 0.29) is 6.04 Å². The van der Waals surface area contributed by atoms with E-state index in [9.17, 15) is 0 Å². The maximum absolute atomic E-state index is 5.58. The fourth-order valence-electron chi connectivity index (χ4n) is 3.13. The van der Waals surface area contributed by atoms with Crippen molar-refractivity contribution in [3.8, 4) is 11.5 Å². The van der Waals surface area contributed by atoms with Crippen LogP contribution in [0.5, 0.6) is 11.5 Å². The van der Waals surface area contributed by atoms with Gasteiger partial charge >= 0.3 is 0 Å². The smallest absolute Gasteiger partial charge is 0.124 e. The third kappa shape index (κ3) is 2.74. The number of fused-ring (bicyclic) bond motifs is 1. The Morgan fingerprint density at radius 1 is 1.00 bits per heavy atom. The summed E-state index contributed by atoms with van der Waals surface area (Å²) >= 11 is 0. The van der Waals surface area contributed by atoms with Gasteiger partial charge in [-0.2, -0.15) is 0 Å². The summed E-state index contributed by atoms with van der Waals surface area (Å²) in [4.78, 5) is 0. The molecule has 0 aliphatic carbocycles. The van der Waals surface area contributed by atoms with E-state index in [0.29, 0.717) is 0 Å². The maximum atomic E-state index is 5.58. The predicted octanol–water partition coefficient (Wildman–Crippen LogP) is 3.13. The Labute approximate surface area is 125 Å². The molecule has 0 saturated heterocycles. The van der Waals surface area contributed by atoms with Gasteiger partial charge in [0.1, 0.15) is 11.5 Å². The second-order valence-electron chi connectivity index (χ2n) is 5.31. The lowest BCUT2D eigenvalue weighted by molar-refractivity contribution is 0.375. The molecule has 0 amide bonds. The van der Waals surface area contributed by atoms with Crippen LogP contribution in [0.15, 0.2) is 42.5 Å². The van der Waals surface area contributed by atoms with E-state index in [1.807, 2.05) is 12.1 Å². The van der Waals surface area contributed by atoms with Crippen molar-refractivity contribution in [1.29, 1.82) is 0 Å². The lowest BCUT2D eigenvalue weighted by Gasteiger charge is -2.30. The first-order valence-corrected chi connectivity index (χ1v) is 7.34. The number of hydrogen-bond acceptors (Lipinski definition) is 3. The summed E-state index contributed by atoms with van der Waals surface area (Å²) in [6.45, 7) is 0.966. The molecule has 110 valence electrons. The molecule has 0 fully saturated rings. The molecular formula is C18H21NO2. The van der Waals surface area contributed by atoms with Crippen LogP contribution < -0.4 is 14.8 Å². The minimum atomic E-state index is 0.265. The van der Waals surface area contributed by atoms with Crippen molar-refractivity contribution >= 4 is 0 Å². The number of rotatable bonds is 4. The molecule has 2 aromatic carbocycles. The summed E-state index contributed by atoms with van der Waals surface area (Å²) in [5.74, 6) is 1.91. The summed E-state index contributed by atoms with van der Waals surface area (Å²) in [5.41, 5.74) is 3.84. The first-order valence-electron chi connectivity index (χ1n) is 7.34. The molecule has 0 aromatic heterocycles. The number of methoxy groups -OCH3 is 2. The van der Waals surface area contributed by atoms with Crippen molar-refractivity contribution in [3.63, 3.8) is 0 Å². The van der Waals surface area contributed by atoms with Gasteiger partial charge in [0.05, 0.1) is 14.2 Å². The number of nitrogens with one attached hydrogen (secondary N) is 1. The van der Waals surface area contributed by atoms with Gasteiger partial charge in [-0.05, 0) is 37.1 Å². The van der Waals surface area contributed by atoms with Crippen molar-refractivity contribution in [2.24, 2.45) is 0 Å². The Balaban J connectivity index is 2.00. The minimum absolute atomic E-state index is 0.265. The SMILES string of the molecule is COc1ccc(OC)c2c1CCN[C@H]2Cc1ccccc1. The van der Waals surface area contributed by atoms with Crippen LogP contribution in [0, 0.1) is 0 Å². The summed E-state index contributed by atoms with van der Waals surface area (Å²) in [5, 5.41) is 3.61. The van der Waals surface area contributed by atoms with E-state index >= 15 is 0 Å². The van der Waals surface area contributed by atoms with Crippen LogP contribution in [0.2, 0.25) is 0 Å². The predicted molar refractivity (Wildman–Crippen MR) is 84.1 cm³/mol. The summed E-state index contributed by atoms with van der Waals surface area (Å²) in [7, 11) is 3.46. The molecule has 1 atom stereocenters. The molecule has 0 radical (unpaired) electrons. The fraction of sp³-hybridized carbons (Fsp3) is 0.333. The molecule has 0 unspecified atom stereocenters. The van der Waals surface area contributed by atoms with Crippen molar-refractivity contribution in [2.75, 3.05) is 20.8 Å². The van der Waals surface area contributed by atoms with Crippen LogP contribution in [-0.4, -0.2) is 20.8 Å². The van der Waals surface area contributed by atoms with E-state index in [0.717, 1.165) is 30.9 Å². The largest absolute Gasteiger partial charge is 0.496 e. The van der Waals surface area contributed by atoms with E-state index < -0.39 is 0 Å². The average molecular weight is 283 g/mol. The van der Waals surface area contributed by atoms with Crippen molar-refractivity contribution < 1.29 is 9.47 Å². The van der Waals surface area contributed by atoms with Gasteiger partial charge in [0.2, 0.25) is 0 Å². The normalized spacial score (nSPS) is 17.1. The molecular weight excluding hydrogens is 262 g/mol. The topological polar surface area (TPSA) is 30.5 Å². The van der Waals surface area contributed by atoms with Crippen LogP contribution in [-0.2, 0) is 12.8 Å². The van der Waals surface area contributed by atoms with Crippen LogP contribution in [0.3, 0.4) is 0 Å². The highest BCUT2D eigenvalue weighted by atomic mass is 16.5. The zero-order valence-electron chi connectivity index (χ0n) is 12.6. The molecule has 1 heterocycles. The molecule has 3 nitrogen and oxygen atoms in total. The van der Waals surface area contributed by atoms with Crippen molar-refractivity contribution in [1.82, 2.24) is 5.32 Å². The van der Waals surface area contributed by atoms with Gasteiger partial charge in [0.15, 0.2) is 0 Å². The Hall–Kier alpha value is -2.00. The zero-order chi connectivity index (χ0) is 14.7. The van der Waals surface area contributed by atoms with Crippen LogP contribution in [0.4, 0.5) is 0 Å². The fourth-order valence-corrected chi connectivity index (χ4v) is 3.13.